The van der Waals surface area contributed by atoms with Crippen LogP contribution < -0.4 is 14.9 Å². The number of carbonyl (C=O) groups excluding carboxylic acids is 1. The summed E-state index contributed by atoms with van der Waals surface area (Å²) in [4.78, 5) is 12.9. The summed E-state index contributed by atoms with van der Waals surface area (Å²) in [5, 5.41) is 8.96. The van der Waals surface area contributed by atoms with Crippen LogP contribution in [0, 0.1) is 6.92 Å². The molecule has 0 aliphatic carbocycles. The molecule has 4 aromatic carbocycles. The Kier molecular flexibility index (Phi) is 8.97. The van der Waals surface area contributed by atoms with E-state index >= 15 is 0 Å². The fraction of sp³-hybridized carbons (Fsp3) is 0.121. The molecule has 0 atom stereocenters. The second kappa shape index (κ2) is 13.2. The molecule has 43 heavy (non-hydrogen) atoms. The predicted octanol–water partition coefficient (Wildman–Crippen LogP) is 6.20. The molecule has 1 amide bonds. The normalized spacial score (nSPS) is 11.4. The summed E-state index contributed by atoms with van der Waals surface area (Å²) in [5.74, 6) is 0.336. The van der Waals surface area contributed by atoms with Crippen LogP contribution in [0.4, 0.5) is 5.69 Å². The summed E-state index contributed by atoms with van der Waals surface area (Å²) < 4.78 is 35.3. The van der Waals surface area contributed by atoms with Crippen LogP contribution in [0.1, 0.15) is 34.8 Å². The maximum absolute atomic E-state index is 12.8. The van der Waals surface area contributed by atoms with Crippen molar-refractivity contribution in [1.29, 1.82) is 0 Å². The van der Waals surface area contributed by atoms with Gasteiger partial charge in [0.25, 0.3) is 15.9 Å². The molecule has 218 valence electrons. The van der Waals surface area contributed by atoms with Gasteiger partial charge in [0, 0.05) is 28.6 Å². The lowest BCUT2D eigenvalue weighted by Gasteiger charge is -2.09. The predicted molar refractivity (Wildman–Crippen MR) is 168 cm³/mol. The quantitative estimate of drug-likeness (QED) is 0.140. The van der Waals surface area contributed by atoms with Gasteiger partial charge in [0.2, 0.25) is 0 Å². The fourth-order valence-corrected chi connectivity index (χ4v) is 5.25. The SMILES string of the molecule is CCCOc1ccc(-c2nn(-c3ccccc3)cc2C=NNC(=O)c2ccc(NS(=O)(=O)c3ccc(C)cc3)cc2)cc1. The van der Waals surface area contributed by atoms with Crippen molar-refractivity contribution < 1.29 is 17.9 Å². The summed E-state index contributed by atoms with van der Waals surface area (Å²) in [5.41, 5.74) is 7.30. The zero-order chi connectivity index (χ0) is 30.2. The molecular weight excluding hydrogens is 562 g/mol. The lowest BCUT2D eigenvalue weighted by molar-refractivity contribution is 0.0955. The highest BCUT2D eigenvalue weighted by atomic mass is 32.2. The summed E-state index contributed by atoms with van der Waals surface area (Å²) in [6.45, 7) is 4.59. The second-order valence-electron chi connectivity index (χ2n) is 9.78. The number of amides is 1. The number of rotatable bonds is 11. The third-order valence-corrected chi connectivity index (χ3v) is 7.86. The van der Waals surface area contributed by atoms with E-state index in [0.29, 0.717) is 29.1 Å². The van der Waals surface area contributed by atoms with Crippen molar-refractivity contribution >= 4 is 27.8 Å². The summed E-state index contributed by atoms with van der Waals surface area (Å²) >= 11 is 0. The van der Waals surface area contributed by atoms with Gasteiger partial charge >= 0.3 is 0 Å². The topological polar surface area (TPSA) is 115 Å². The molecule has 1 heterocycles. The third kappa shape index (κ3) is 7.35. The second-order valence-corrected chi connectivity index (χ2v) is 11.5. The number of aromatic nitrogens is 2. The van der Waals surface area contributed by atoms with Crippen LogP contribution in [-0.2, 0) is 10.0 Å². The summed E-state index contributed by atoms with van der Waals surface area (Å²) in [6.07, 6.45) is 4.31. The zero-order valence-corrected chi connectivity index (χ0v) is 24.6. The Morgan fingerprint density at radius 3 is 2.30 bits per heavy atom. The lowest BCUT2D eigenvalue weighted by Crippen LogP contribution is -2.18. The van der Waals surface area contributed by atoms with Crippen LogP contribution in [0.3, 0.4) is 0 Å². The molecule has 1 aromatic heterocycles. The number of benzene rings is 4. The Bertz CT molecular complexity index is 1820. The van der Waals surface area contributed by atoms with Crippen LogP contribution in [0.25, 0.3) is 16.9 Å². The van der Waals surface area contributed by atoms with Crippen LogP contribution in [0.5, 0.6) is 5.75 Å². The molecule has 9 nitrogen and oxygen atoms in total. The van der Waals surface area contributed by atoms with Crippen molar-refractivity contribution in [3.8, 4) is 22.7 Å². The lowest BCUT2D eigenvalue weighted by atomic mass is 10.1. The molecule has 0 unspecified atom stereocenters. The maximum atomic E-state index is 12.8. The summed E-state index contributed by atoms with van der Waals surface area (Å²) in [6, 6.07) is 30.1. The van der Waals surface area contributed by atoms with Gasteiger partial charge in [0.1, 0.15) is 11.4 Å². The van der Waals surface area contributed by atoms with E-state index in [1.165, 1.54) is 24.3 Å². The Labute approximate surface area is 250 Å². The zero-order valence-electron chi connectivity index (χ0n) is 23.8. The van der Waals surface area contributed by atoms with Crippen molar-refractivity contribution in [3.63, 3.8) is 0 Å². The highest BCUT2D eigenvalue weighted by molar-refractivity contribution is 7.92. The van der Waals surface area contributed by atoms with E-state index in [9.17, 15) is 13.2 Å². The van der Waals surface area contributed by atoms with Gasteiger partial charge in [-0.25, -0.2) is 18.5 Å². The molecule has 0 fully saturated rings. The molecule has 0 saturated carbocycles. The average molecular weight is 594 g/mol. The smallest absolute Gasteiger partial charge is 0.271 e. The van der Waals surface area contributed by atoms with E-state index in [2.05, 4.69) is 22.2 Å². The van der Waals surface area contributed by atoms with Crippen molar-refractivity contribution in [2.24, 2.45) is 5.10 Å². The molecule has 0 aliphatic heterocycles. The molecule has 10 heteroatoms. The molecule has 0 aliphatic rings. The van der Waals surface area contributed by atoms with E-state index < -0.39 is 15.9 Å². The number of nitrogens with zero attached hydrogens (tertiary/aromatic N) is 3. The molecule has 0 spiro atoms. The molecule has 5 rings (SSSR count). The first-order chi connectivity index (χ1) is 20.8. The van der Waals surface area contributed by atoms with Gasteiger partial charge < -0.3 is 4.74 Å². The van der Waals surface area contributed by atoms with Crippen molar-refractivity contribution in [2.45, 2.75) is 25.2 Å². The van der Waals surface area contributed by atoms with Crippen molar-refractivity contribution in [2.75, 3.05) is 11.3 Å². The van der Waals surface area contributed by atoms with Gasteiger partial charge in [-0.3, -0.25) is 9.52 Å². The number of nitrogens with one attached hydrogen (secondary N) is 2. The van der Waals surface area contributed by atoms with Crippen LogP contribution in [0.2, 0.25) is 0 Å². The summed E-state index contributed by atoms with van der Waals surface area (Å²) in [7, 11) is -3.75. The Hall–Kier alpha value is -5.22. The molecule has 0 bridgehead atoms. The first-order valence-electron chi connectivity index (χ1n) is 13.7. The first kappa shape index (κ1) is 29.3. The Balaban J connectivity index is 1.30. The van der Waals surface area contributed by atoms with Gasteiger partial charge in [-0.2, -0.15) is 10.2 Å². The maximum Gasteiger partial charge on any atom is 0.271 e. The Morgan fingerprint density at radius 2 is 1.63 bits per heavy atom. The fourth-order valence-electron chi connectivity index (χ4n) is 4.19. The highest BCUT2D eigenvalue weighted by Gasteiger charge is 2.15. The van der Waals surface area contributed by atoms with E-state index in [1.54, 1.807) is 35.2 Å². The number of sulfonamides is 1. The van der Waals surface area contributed by atoms with E-state index in [0.717, 1.165) is 29.0 Å². The van der Waals surface area contributed by atoms with Crippen LogP contribution in [0.15, 0.2) is 119 Å². The molecule has 0 saturated heterocycles. The Morgan fingerprint density at radius 1 is 0.930 bits per heavy atom. The molecule has 5 aromatic rings. The van der Waals surface area contributed by atoms with Crippen molar-refractivity contribution in [3.05, 3.63) is 126 Å². The minimum absolute atomic E-state index is 0.157. The van der Waals surface area contributed by atoms with E-state index in [4.69, 9.17) is 9.84 Å². The number of anilines is 1. The van der Waals surface area contributed by atoms with Crippen molar-refractivity contribution in [1.82, 2.24) is 15.2 Å². The number of ether oxygens (including phenoxy) is 1. The number of aryl methyl sites for hydroxylation is 1. The minimum atomic E-state index is -3.75. The number of hydrogen-bond donors (Lipinski definition) is 2. The first-order valence-corrected chi connectivity index (χ1v) is 15.2. The molecule has 2 N–H and O–H groups in total. The van der Waals surface area contributed by atoms with E-state index in [1.807, 2.05) is 67.7 Å². The average Bonchev–Trinajstić information content (AvgIpc) is 3.45. The van der Waals surface area contributed by atoms with Gasteiger partial charge in [-0.15, -0.1) is 0 Å². The van der Waals surface area contributed by atoms with Gasteiger partial charge in [-0.1, -0.05) is 42.8 Å². The van der Waals surface area contributed by atoms with E-state index in [-0.39, 0.29) is 4.90 Å². The van der Waals surface area contributed by atoms with Gasteiger partial charge in [0.15, 0.2) is 0 Å². The van der Waals surface area contributed by atoms with Gasteiger partial charge in [-0.05, 0) is 86.1 Å². The standard InChI is InChI=1S/C33H31N5O4S/c1-3-21-42-30-17-13-25(14-18-30)32-27(23-38(36-32)29-7-5-4-6-8-29)22-34-35-33(39)26-11-15-28(16-12-26)37-43(40,41)31-19-9-24(2)10-20-31/h4-20,22-23,37H,3,21H2,1-2H3,(H,35,39). The van der Waals surface area contributed by atoms with Gasteiger partial charge in [0.05, 0.1) is 23.4 Å². The van der Waals surface area contributed by atoms with Crippen LogP contribution >= 0.6 is 0 Å². The largest absolute Gasteiger partial charge is 0.494 e. The highest BCUT2D eigenvalue weighted by Crippen LogP contribution is 2.25. The molecule has 0 radical (unpaired) electrons. The minimum Gasteiger partial charge on any atom is -0.494 e. The molecular formula is C33H31N5O4S. The monoisotopic (exact) mass is 593 g/mol. The number of hydrazone groups is 1. The number of carbonyl (C=O) groups is 1. The van der Waals surface area contributed by atoms with Crippen LogP contribution in [-0.4, -0.2) is 36.9 Å². The third-order valence-electron chi connectivity index (χ3n) is 6.46. The number of para-hydroxylation sites is 1. The number of hydrogen-bond acceptors (Lipinski definition) is 6.